The van der Waals surface area contributed by atoms with Gasteiger partial charge in [-0.3, -0.25) is 0 Å². The zero-order valence-corrected chi connectivity index (χ0v) is 6.70. The molecule has 0 aliphatic carbocycles. The molecule has 1 aromatic rings. The van der Waals surface area contributed by atoms with E-state index in [1.165, 1.54) is 0 Å². The van der Waals surface area contributed by atoms with Gasteiger partial charge in [0.05, 0.1) is 7.11 Å². The summed E-state index contributed by atoms with van der Waals surface area (Å²) in [5.74, 6) is -1.19. The number of halogens is 2. The summed E-state index contributed by atoms with van der Waals surface area (Å²) in [6, 6.07) is 1.04. The summed E-state index contributed by atoms with van der Waals surface area (Å²) < 4.78 is 28.4. The lowest BCUT2D eigenvalue weighted by molar-refractivity contribution is 0.0584. The summed E-state index contributed by atoms with van der Waals surface area (Å²) in [6.07, 6.45) is -1.63. The minimum Gasteiger partial charge on any atom is -0.463 e. The van der Waals surface area contributed by atoms with E-state index in [-0.39, 0.29) is 5.82 Å². The number of alkyl halides is 2. The zero-order chi connectivity index (χ0) is 9.84. The molecule has 13 heavy (non-hydrogen) atoms. The molecular weight excluding hydrogens is 182 g/mol. The third-order valence-electron chi connectivity index (χ3n) is 1.27. The number of ether oxygens (including phenoxy) is 1. The summed E-state index contributed by atoms with van der Waals surface area (Å²) in [4.78, 5) is 17.6. The molecule has 0 bridgehead atoms. The summed E-state index contributed by atoms with van der Waals surface area (Å²) in [6.45, 7) is 0. The van der Waals surface area contributed by atoms with Gasteiger partial charge in [-0.15, -0.1) is 0 Å². The number of aromatic nitrogens is 2. The van der Waals surface area contributed by atoms with Gasteiger partial charge in [0.25, 0.3) is 6.43 Å². The van der Waals surface area contributed by atoms with Crippen molar-refractivity contribution in [1.82, 2.24) is 9.97 Å². The summed E-state index contributed by atoms with van der Waals surface area (Å²) >= 11 is 0. The van der Waals surface area contributed by atoms with Crippen molar-refractivity contribution in [2.45, 2.75) is 6.43 Å². The SMILES string of the molecule is COC(=O)c1nccc(C(F)F)n1. The number of methoxy groups -OCH3 is 1. The van der Waals surface area contributed by atoms with Crippen LogP contribution in [0.1, 0.15) is 22.7 Å². The topological polar surface area (TPSA) is 52.1 Å². The van der Waals surface area contributed by atoms with Gasteiger partial charge in [0.1, 0.15) is 5.69 Å². The molecular formula is C7H6F2N2O2. The third-order valence-corrected chi connectivity index (χ3v) is 1.27. The molecule has 0 fully saturated rings. The van der Waals surface area contributed by atoms with Crippen molar-refractivity contribution in [3.63, 3.8) is 0 Å². The van der Waals surface area contributed by atoms with Crippen molar-refractivity contribution in [3.05, 3.63) is 23.8 Å². The smallest absolute Gasteiger partial charge is 0.376 e. The molecule has 0 spiro atoms. The third kappa shape index (κ3) is 2.17. The average Bonchev–Trinajstić information content (AvgIpc) is 2.17. The van der Waals surface area contributed by atoms with Crippen LogP contribution in [0.15, 0.2) is 12.3 Å². The summed E-state index contributed by atoms with van der Waals surface area (Å²) in [5.41, 5.74) is -0.490. The lowest BCUT2D eigenvalue weighted by Gasteiger charge is -2.00. The fraction of sp³-hybridized carbons (Fsp3) is 0.286. The second kappa shape index (κ2) is 3.88. The van der Waals surface area contributed by atoms with Gasteiger partial charge in [0.15, 0.2) is 0 Å². The fourth-order valence-corrected chi connectivity index (χ4v) is 0.684. The van der Waals surface area contributed by atoms with Gasteiger partial charge in [0, 0.05) is 6.20 Å². The molecule has 4 nitrogen and oxygen atoms in total. The first-order chi connectivity index (χ1) is 6.15. The van der Waals surface area contributed by atoms with Crippen LogP contribution >= 0.6 is 0 Å². The number of hydrogen-bond donors (Lipinski definition) is 0. The van der Waals surface area contributed by atoms with Gasteiger partial charge in [-0.2, -0.15) is 0 Å². The number of esters is 1. The second-order valence-electron chi connectivity index (χ2n) is 2.10. The largest absolute Gasteiger partial charge is 0.463 e. The van der Waals surface area contributed by atoms with Crippen LogP contribution in [0.2, 0.25) is 0 Å². The Morgan fingerprint density at radius 2 is 2.31 bits per heavy atom. The molecule has 1 heterocycles. The number of carbonyl (C=O) groups excluding carboxylic acids is 1. The molecule has 6 heteroatoms. The lowest BCUT2D eigenvalue weighted by atomic mass is 10.4. The maximum Gasteiger partial charge on any atom is 0.376 e. The standard InChI is InChI=1S/C7H6F2N2O2/c1-13-7(12)6-10-3-2-4(11-6)5(8)9/h2-3,5H,1H3. The van der Waals surface area contributed by atoms with Crippen molar-refractivity contribution in [1.29, 1.82) is 0 Å². The van der Waals surface area contributed by atoms with E-state index in [0.717, 1.165) is 19.4 Å². The van der Waals surface area contributed by atoms with E-state index in [0.29, 0.717) is 0 Å². The molecule has 70 valence electrons. The Morgan fingerprint density at radius 1 is 1.62 bits per heavy atom. The van der Waals surface area contributed by atoms with E-state index in [4.69, 9.17) is 0 Å². The Labute approximate surface area is 72.6 Å². The van der Waals surface area contributed by atoms with Crippen LogP contribution in [-0.2, 0) is 4.74 Å². The van der Waals surface area contributed by atoms with Crippen molar-refractivity contribution in [2.75, 3.05) is 7.11 Å². The van der Waals surface area contributed by atoms with E-state index in [1.807, 2.05) is 0 Å². The van der Waals surface area contributed by atoms with Crippen molar-refractivity contribution in [2.24, 2.45) is 0 Å². The maximum atomic E-state index is 12.1. The highest BCUT2D eigenvalue weighted by Crippen LogP contribution is 2.14. The molecule has 0 unspecified atom stereocenters. The number of hydrogen-bond acceptors (Lipinski definition) is 4. The van der Waals surface area contributed by atoms with E-state index in [1.54, 1.807) is 0 Å². The van der Waals surface area contributed by atoms with E-state index >= 15 is 0 Å². The number of carbonyl (C=O) groups is 1. The van der Waals surface area contributed by atoms with Gasteiger partial charge in [0.2, 0.25) is 5.82 Å². The maximum absolute atomic E-state index is 12.1. The molecule has 0 aliphatic rings. The highest BCUT2D eigenvalue weighted by molar-refractivity contribution is 5.84. The summed E-state index contributed by atoms with van der Waals surface area (Å²) in [7, 11) is 1.13. The first-order valence-electron chi connectivity index (χ1n) is 3.34. The quantitative estimate of drug-likeness (QED) is 0.654. The van der Waals surface area contributed by atoms with Crippen molar-refractivity contribution >= 4 is 5.97 Å². The molecule has 0 saturated carbocycles. The van der Waals surface area contributed by atoms with Crippen molar-refractivity contribution in [3.8, 4) is 0 Å². The van der Waals surface area contributed by atoms with Gasteiger partial charge in [-0.25, -0.2) is 23.5 Å². The first kappa shape index (κ1) is 9.50. The molecule has 0 amide bonds. The van der Waals surface area contributed by atoms with Crippen LogP contribution in [0, 0.1) is 0 Å². The highest BCUT2D eigenvalue weighted by atomic mass is 19.3. The Morgan fingerprint density at radius 3 is 2.85 bits per heavy atom. The Balaban J connectivity index is 2.98. The predicted molar refractivity (Wildman–Crippen MR) is 38.3 cm³/mol. The highest BCUT2D eigenvalue weighted by Gasteiger charge is 2.14. The molecule has 0 N–H and O–H groups in total. The minimum absolute atomic E-state index is 0.361. The lowest BCUT2D eigenvalue weighted by Crippen LogP contribution is -2.08. The average molecular weight is 188 g/mol. The van der Waals surface area contributed by atoms with Crippen LogP contribution in [0.5, 0.6) is 0 Å². The predicted octanol–water partition coefficient (Wildman–Crippen LogP) is 1.20. The molecule has 1 aromatic heterocycles. The molecule has 0 aromatic carbocycles. The van der Waals surface area contributed by atoms with Crippen LogP contribution in [0.4, 0.5) is 8.78 Å². The molecule has 1 rings (SSSR count). The molecule has 0 aliphatic heterocycles. The van der Waals surface area contributed by atoms with Gasteiger partial charge in [-0.05, 0) is 6.07 Å². The Hall–Kier alpha value is -1.59. The zero-order valence-electron chi connectivity index (χ0n) is 6.70. The monoisotopic (exact) mass is 188 g/mol. The first-order valence-corrected chi connectivity index (χ1v) is 3.34. The van der Waals surface area contributed by atoms with Crippen LogP contribution < -0.4 is 0 Å². The Kier molecular flexibility index (Phi) is 2.84. The van der Waals surface area contributed by atoms with Gasteiger partial charge in [-0.1, -0.05) is 0 Å². The summed E-state index contributed by atoms with van der Waals surface area (Å²) in [5, 5.41) is 0. The number of rotatable bonds is 2. The molecule has 0 saturated heterocycles. The molecule has 0 atom stereocenters. The van der Waals surface area contributed by atoms with E-state index in [9.17, 15) is 13.6 Å². The van der Waals surface area contributed by atoms with Crippen LogP contribution in [0.25, 0.3) is 0 Å². The van der Waals surface area contributed by atoms with E-state index < -0.39 is 18.1 Å². The molecule has 0 radical (unpaired) electrons. The second-order valence-corrected chi connectivity index (χ2v) is 2.10. The van der Waals surface area contributed by atoms with Crippen LogP contribution in [0.3, 0.4) is 0 Å². The van der Waals surface area contributed by atoms with Gasteiger partial charge < -0.3 is 4.74 Å². The van der Waals surface area contributed by atoms with Crippen molar-refractivity contribution < 1.29 is 18.3 Å². The van der Waals surface area contributed by atoms with Gasteiger partial charge >= 0.3 is 5.97 Å². The minimum atomic E-state index is -2.72. The van der Waals surface area contributed by atoms with Crippen LogP contribution in [-0.4, -0.2) is 23.0 Å². The Bertz CT molecular complexity index is 317. The number of nitrogens with zero attached hydrogens (tertiary/aromatic N) is 2. The fourth-order valence-electron chi connectivity index (χ4n) is 0.684. The normalized spacial score (nSPS) is 10.2. The van der Waals surface area contributed by atoms with E-state index in [2.05, 4.69) is 14.7 Å².